The summed E-state index contributed by atoms with van der Waals surface area (Å²) in [6, 6.07) is 11.2. The van der Waals surface area contributed by atoms with E-state index in [-0.39, 0.29) is 11.9 Å². The fourth-order valence-corrected chi connectivity index (χ4v) is 3.40. The van der Waals surface area contributed by atoms with E-state index in [9.17, 15) is 10.1 Å². The molecule has 1 heterocycles. The van der Waals surface area contributed by atoms with Crippen LogP contribution >= 0.6 is 0 Å². The SMILES string of the molecule is N#CC1C2CCCCC2C=CN1C(=O)c1ccccc1. The second kappa shape index (κ2) is 5.50. The Morgan fingerprint density at radius 3 is 2.70 bits per heavy atom. The lowest BCUT2D eigenvalue weighted by molar-refractivity contribution is 0.0687. The number of fused-ring (bicyclic) bond motifs is 1. The van der Waals surface area contributed by atoms with E-state index in [1.807, 2.05) is 24.4 Å². The van der Waals surface area contributed by atoms with Gasteiger partial charge in [-0.2, -0.15) is 5.26 Å². The maximum Gasteiger partial charge on any atom is 0.258 e. The highest BCUT2D eigenvalue weighted by molar-refractivity contribution is 5.95. The molecule has 3 heteroatoms. The first-order valence-corrected chi connectivity index (χ1v) is 7.27. The standard InChI is InChI=1S/C17H18N2O/c18-12-16-15-9-5-4-6-13(15)10-11-19(16)17(20)14-7-2-1-3-8-14/h1-3,7-8,10-11,13,15-16H,4-6,9H2. The molecule has 2 aliphatic rings. The molecule has 3 rings (SSSR count). The van der Waals surface area contributed by atoms with E-state index in [0.717, 1.165) is 12.8 Å². The Balaban J connectivity index is 1.89. The van der Waals surface area contributed by atoms with Gasteiger partial charge in [0.15, 0.2) is 0 Å². The quantitative estimate of drug-likeness (QED) is 0.782. The molecule has 1 saturated carbocycles. The number of rotatable bonds is 1. The third kappa shape index (κ3) is 2.22. The van der Waals surface area contributed by atoms with E-state index in [1.54, 1.807) is 17.0 Å². The van der Waals surface area contributed by atoms with Gasteiger partial charge in [0.1, 0.15) is 6.04 Å². The number of benzene rings is 1. The first-order chi connectivity index (χ1) is 9.81. The first-order valence-electron chi connectivity index (χ1n) is 7.27. The average Bonchev–Trinajstić information content (AvgIpc) is 2.54. The number of hydrogen-bond donors (Lipinski definition) is 0. The molecule has 1 aliphatic carbocycles. The van der Waals surface area contributed by atoms with E-state index in [4.69, 9.17) is 0 Å². The summed E-state index contributed by atoms with van der Waals surface area (Å²) in [4.78, 5) is 14.2. The average molecular weight is 266 g/mol. The van der Waals surface area contributed by atoms with Crippen molar-refractivity contribution in [1.82, 2.24) is 4.90 Å². The Labute approximate surface area is 119 Å². The molecule has 0 aromatic heterocycles. The van der Waals surface area contributed by atoms with E-state index in [1.165, 1.54) is 12.8 Å². The van der Waals surface area contributed by atoms with E-state index in [0.29, 0.717) is 17.4 Å². The zero-order chi connectivity index (χ0) is 13.9. The van der Waals surface area contributed by atoms with Crippen molar-refractivity contribution in [1.29, 1.82) is 5.26 Å². The minimum atomic E-state index is -0.321. The molecular weight excluding hydrogens is 248 g/mol. The van der Waals surface area contributed by atoms with Crippen LogP contribution in [0.5, 0.6) is 0 Å². The molecule has 1 aliphatic heterocycles. The summed E-state index contributed by atoms with van der Waals surface area (Å²) in [5.41, 5.74) is 0.645. The van der Waals surface area contributed by atoms with Gasteiger partial charge < -0.3 is 0 Å². The van der Waals surface area contributed by atoms with Crippen LogP contribution in [0, 0.1) is 23.2 Å². The van der Waals surface area contributed by atoms with Gasteiger partial charge in [0.05, 0.1) is 6.07 Å². The summed E-state index contributed by atoms with van der Waals surface area (Å²) in [7, 11) is 0. The highest BCUT2D eigenvalue weighted by Gasteiger charge is 2.38. The van der Waals surface area contributed by atoms with Crippen LogP contribution in [0.2, 0.25) is 0 Å². The molecule has 0 radical (unpaired) electrons. The van der Waals surface area contributed by atoms with Crippen molar-refractivity contribution in [2.24, 2.45) is 11.8 Å². The van der Waals surface area contributed by atoms with Crippen LogP contribution in [0.3, 0.4) is 0 Å². The van der Waals surface area contributed by atoms with E-state index < -0.39 is 0 Å². The molecule has 1 fully saturated rings. The highest BCUT2D eigenvalue weighted by Crippen LogP contribution is 2.38. The van der Waals surface area contributed by atoms with Crippen molar-refractivity contribution >= 4 is 5.91 Å². The van der Waals surface area contributed by atoms with Crippen LogP contribution in [0.4, 0.5) is 0 Å². The first kappa shape index (κ1) is 12.9. The Kier molecular flexibility index (Phi) is 3.56. The normalized spacial score (nSPS) is 28.6. The van der Waals surface area contributed by atoms with Crippen molar-refractivity contribution in [3.8, 4) is 6.07 Å². The van der Waals surface area contributed by atoms with Gasteiger partial charge in [0.2, 0.25) is 0 Å². The summed E-state index contributed by atoms with van der Waals surface area (Å²) >= 11 is 0. The van der Waals surface area contributed by atoms with Crippen molar-refractivity contribution in [2.45, 2.75) is 31.7 Å². The maximum atomic E-state index is 12.6. The number of carbonyl (C=O) groups is 1. The van der Waals surface area contributed by atoms with Crippen molar-refractivity contribution in [2.75, 3.05) is 0 Å². The molecule has 0 N–H and O–H groups in total. The predicted octanol–water partition coefficient (Wildman–Crippen LogP) is 3.35. The predicted molar refractivity (Wildman–Crippen MR) is 76.6 cm³/mol. The molecule has 1 aromatic rings. The van der Waals surface area contributed by atoms with Gasteiger partial charge in [-0.3, -0.25) is 9.69 Å². The lowest BCUT2D eigenvalue weighted by Gasteiger charge is -2.40. The molecule has 3 atom stereocenters. The lowest BCUT2D eigenvalue weighted by Crippen LogP contribution is -2.46. The number of amides is 1. The molecule has 1 aromatic carbocycles. The van der Waals surface area contributed by atoms with E-state index in [2.05, 4.69) is 12.1 Å². The summed E-state index contributed by atoms with van der Waals surface area (Å²) in [5.74, 6) is 0.692. The third-order valence-corrected chi connectivity index (χ3v) is 4.46. The third-order valence-electron chi connectivity index (χ3n) is 4.46. The lowest BCUT2D eigenvalue weighted by atomic mass is 9.73. The van der Waals surface area contributed by atoms with Crippen LogP contribution in [0.25, 0.3) is 0 Å². The Hall–Kier alpha value is -2.08. The fourth-order valence-electron chi connectivity index (χ4n) is 3.40. The number of allylic oxidation sites excluding steroid dienone is 1. The Bertz CT molecular complexity index is 558. The molecule has 1 amide bonds. The van der Waals surface area contributed by atoms with Gasteiger partial charge in [0, 0.05) is 11.8 Å². The molecule has 20 heavy (non-hydrogen) atoms. The molecular formula is C17H18N2O. The van der Waals surface area contributed by atoms with Gasteiger partial charge >= 0.3 is 0 Å². The largest absolute Gasteiger partial charge is 0.298 e. The molecule has 0 bridgehead atoms. The monoisotopic (exact) mass is 266 g/mol. The summed E-state index contributed by atoms with van der Waals surface area (Å²) in [5, 5.41) is 9.52. The molecule has 0 saturated heterocycles. The van der Waals surface area contributed by atoms with Crippen molar-refractivity contribution in [3.05, 3.63) is 48.2 Å². The Morgan fingerprint density at radius 1 is 1.20 bits per heavy atom. The Morgan fingerprint density at radius 2 is 1.95 bits per heavy atom. The second-order valence-corrected chi connectivity index (χ2v) is 5.61. The number of hydrogen-bond acceptors (Lipinski definition) is 2. The minimum Gasteiger partial charge on any atom is -0.298 e. The smallest absolute Gasteiger partial charge is 0.258 e. The molecule has 0 spiro atoms. The summed E-state index contributed by atoms with van der Waals surface area (Å²) in [6.07, 6.45) is 8.55. The zero-order valence-corrected chi connectivity index (χ0v) is 11.4. The second-order valence-electron chi connectivity index (χ2n) is 5.61. The van der Waals surface area contributed by atoms with Gasteiger partial charge in [-0.05, 0) is 36.8 Å². The van der Waals surface area contributed by atoms with Crippen LogP contribution in [-0.2, 0) is 0 Å². The maximum absolute atomic E-state index is 12.6. The summed E-state index contributed by atoms with van der Waals surface area (Å²) in [6.45, 7) is 0. The minimum absolute atomic E-state index is 0.0718. The van der Waals surface area contributed by atoms with Crippen LogP contribution in [0.15, 0.2) is 42.6 Å². The van der Waals surface area contributed by atoms with Crippen molar-refractivity contribution in [3.63, 3.8) is 0 Å². The van der Waals surface area contributed by atoms with Crippen LogP contribution in [0.1, 0.15) is 36.0 Å². The van der Waals surface area contributed by atoms with Gasteiger partial charge in [-0.15, -0.1) is 0 Å². The molecule has 3 unspecified atom stereocenters. The fraction of sp³-hybridized carbons (Fsp3) is 0.412. The number of carbonyl (C=O) groups excluding carboxylic acids is 1. The van der Waals surface area contributed by atoms with Gasteiger partial charge in [-0.25, -0.2) is 0 Å². The van der Waals surface area contributed by atoms with Gasteiger partial charge in [0.25, 0.3) is 5.91 Å². The topological polar surface area (TPSA) is 44.1 Å². The zero-order valence-electron chi connectivity index (χ0n) is 11.4. The molecule has 3 nitrogen and oxygen atoms in total. The van der Waals surface area contributed by atoms with Crippen LogP contribution < -0.4 is 0 Å². The molecule has 102 valence electrons. The van der Waals surface area contributed by atoms with E-state index >= 15 is 0 Å². The summed E-state index contributed by atoms with van der Waals surface area (Å²) < 4.78 is 0. The number of nitriles is 1. The van der Waals surface area contributed by atoms with Crippen molar-refractivity contribution < 1.29 is 4.79 Å². The highest BCUT2D eigenvalue weighted by atomic mass is 16.2. The van der Waals surface area contributed by atoms with Crippen LogP contribution in [-0.4, -0.2) is 16.8 Å². The van der Waals surface area contributed by atoms with Gasteiger partial charge in [-0.1, -0.05) is 37.1 Å². The number of nitrogens with zero attached hydrogens (tertiary/aromatic N) is 2.